The van der Waals surface area contributed by atoms with Gasteiger partial charge in [-0.05, 0) is 12.3 Å². The van der Waals surface area contributed by atoms with Crippen molar-refractivity contribution < 1.29 is 18.7 Å². The van der Waals surface area contributed by atoms with Gasteiger partial charge in [-0.25, -0.2) is 8.78 Å². The second kappa shape index (κ2) is 6.99. The minimum atomic E-state index is -2.39. The van der Waals surface area contributed by atoms with Gasteiger partial charge in [0.1, 0.15) is 0 Å². The predicted molar refractivity (Wildman–Crippen MR) is 64.8 cm³/mol. The van der Waals surface area contributed by atoms with Crippen molar-refractivity contribution in [3.05, 3.63) is 0 Å². The monoisotopic (exact) mass is 264 g/mol. The number of hydrogen-bond acceptors (Lipinski definition) is 3. The molecule has 1 aliphatic heterocycles. The summed E-state index contributed by atoms with van der Waals surface area (Å²) in [6.07, 6.45) is -1.97. The smallest absolute Gasteiger partial charge is 0.307 e. The number of hydrogen-bond donors (Lipinski definition) is 2. The zero-order valence-corrected chi connectivity index (χ0v) is 10.9. The molecular weight excluding hydrogens is 242 g/mol. The topological polar surface area (TPSA) is 52.6 Å². The maximum Gasteiger partial charge on any atom is 0.307 e. The summed E-state index contributed by atoms with van der Waals surface area (Å²) in [4.78, 5) is 13.1. The average molecular weight is 264 g/mol. The Morgan fingerprint density at radius 1 is 1.44 bits per heavy atom. The fourth-order valence-electron chi connectivity index (χ4n) is 2.44. The van der Waals surface area contributed by atoms with Crippen molar-refractivity contribution in [1.29, 1.82) is 0 Å². The first-order valence-electron chi connectivity index (χ1n) is 6.35. The number of carboxylic acid groups (broad SMARTS) is 1. The Morgan fingerprint density at radius 2 is 2.11 bits per heavy atom. The van der Waals surface area contributed by atoms with Crippen LogP contribution in [0.1, 0.15) is 20.3 Å². The Morgan fingerprint density at radius 3 is 2.61 bits per heavy atom. The van der Waals surface area contributed by atoms with Gasteiger partial charge in [-0.15, -0.1) is 0 Å². The van der Waals surface area contributed by atoms with Crippen LogP contribution in [0.15, 0.2) is 0 Å². The second-order valence-corrected chi connectivity index (χ2v) is 5.38. The van der Waals surface area contributed by atoms with E-state index in [9.17, 15) is 13.6 Å². The van der Waals surface area contributed by atoms with Crippen LogP contribution in [0, 0.1) is 11.8 Å². The lowest BCUT2D eigenvalue weighted by Crippen LogP contribution is -2.52. The molecule has 0 aromatic rings. The van der Waals surface area contributed by atoms with Gasteiger partial charge in [0, 0.05) is 25.7 Å². The minimum absolute atomic E-state index is 0.160. The highest BCUT2D eigenvalue weighted by molar-refractivity contribution is 5.70. The van der Waals surface area contributed by atoms with Crippen LogP contribution >= 0.6 is 0 Å². The van der Waals surface area contributed by atoms with Crippen molar-refractivity contribution in [2.24, 2.45) is 11.8 Å². The number of carbonyl (C=O) groups is 1. The zero-order valence-electron chi connectivity index (χ0n) is 10.9. The molecule has 1 aliphatic rings. The van der Waals surface area contributed by atoms with Crippen molar-refractivity contribution in [3.63, 3.8) is 0 Å². The van der Waals surface area contributed by atoms with Gasteiger partial charge in [-0.1, -0.05) is 13.8 Å². The van der Waals surface area contributed by atoms with E-state index in [0.29, 0.717) is 25.4 Å². The summed E-state index contributed by atoms with van der Waals surface area (Å²) in [6, 6.07) is -0.160. The summed E-state index contributed by atoms with van der Waals surface area (Å²) in [5, 5.41) is 11.8. The van der Waals surface area contributed by atoms with Crippen LogP contribution in [0.2, 0.25) is 0 Å². The summed E-state index contributed by atoms with van der Waals surface area (Å²) < 4.78 is 24.3. The van der Waals surface area contributed by atoms with Gasteiger partial charge in [-0.2, -0.15) is 0 Å². The molecule has 2 N–H and O–H groups in total. The van der Waals surface area contributed by atoms with Gasteiger partial charge in [0.25, 0.3) is 6.43 Å². The number of alkyl halides is 2. The zero-order chi connectivity index (χ0) is 13.7. The molecule has 0 aliphatic carbocycles. The minimum Gasteiger partial charge on any atom is -0.481 e. The van der Waals surface area contributed by atoms with Crippen LogP contribution in [-0.2, 0) is 4.79 Å². The number of likely N-dealkylation sites (tertiary alicyclic amines) is 1. The molecule has 1 rings (SSSR count). The highest BCUT2D eigenvalue weighted by Gasteiger charge is 2.31. The number of carboxylic acids is 1. The normalized spacial score (nSPS) is 25.9. The van der Waals surface area contributed by atoms with Gasteiger partial charge in [0.05, 0.1) is 12.5 Å². The van der Waals surface area contributed by atoms with E-state index in [4.69, 9.17) is 5.11 Å². The SMILES string of the molecule is CC(C)CN1CC(NCC(F)F)CC(C(=O)O)C1. The molecule has 2 atom stereocenters. The molecule has 0 amide bonds. The second-order valence-electron chi connectivity index (χ2n) is 5.38. The first kappa shape index (κ1) is 15.3. The molecule has 0 spiro atoms. The van der Waals surface area contributed by atoms with Gasteiger partial charge in [0.2, 0.25) is 0 Å². The summed E-state index contributed by atoms with van der Waals surface area (Å²) >= 11 is 0. The van der Waals surface area contributed by atoms with E-state index in [1.807, 2.05) is 0 Å². The Labute approximate surface area is 106 Å². The van der Waals surface area contributed by atoms with E-state index in [2.05, 4.69) is 24.1 Å². The largest absolute Gasteiger partial charge is 0.481 e. The van der Waals surface area contributed by atoms with Crippen LogP contribution in [0.5, 0.6) is 0 Å². The molecule has 4 nitrogen and oxygen atoms in total. The highest BCUT2D eigenvalue weighted by atomic mass is 19.3. The number of rotatable bonds is 6. The molecule has 1 saturated heterocycles. The van der Waals surface area contributed by atoms with Gasteiger partial charge >= 0.3 is 5.97 Å². The molecule has 0 saturated carbocycles. The number of halogens is 2. The Balaban J connectivity index is 2.53. The fourth-order valence-corrected chi connectivity index (χ4v) is 2.44. The first-order chi connectivity index (χ1) is 8.38. The fraction of sp³-hybridized carbons (Fsp3) is 0.917. The molecule has 0 aromatic carbocycles. The standard InChI is InChI=1S/C12H22F2N2O2/c1-8(2)5-16-6-9(12(17)18)3-10(7-16)15-4-11(13)14/h8-11,15H,3-7H2,1-2H3,(H,17,18). The van der Waals surface area contributed by atoms with Crippen molar-refractivity contribution in [2.75, 3.05) is 26.2 Å². The quantitative estimate of drug-likeness (QED) is 0.758. The van der Waals surface area contributed by atoms with E-state index in [1.54, 1.807) is 0 Å². The molecule has 1 heterocycles. The van der Waals surface area contributed by atoms with Crippen LogP contribution in [0.4, 0.5) is 8.78 Å². The third-order valence-corrected chi connectivity index (χ3v) is 3.06. The summed E-state index contributed by atoms with van der Waals surface area (Å²) in [5.74, 6) is -0.867. The van der Waals surface area contributed by atoms with E-state index in [-0.39, 0.29) is 12.6 Å². The lowest BCUT2D eigenvalue weighted by Gasteiger charge is -2.37. The van der Waals surface area contributed by atoms with Crippen molar-refractivity contribution in [3.8, 4) is 0 Å². The Kier molecular flexibility index (Phi) is 5.95. The molecule has 1 fully saturated rings. The van der Waals surface area contributed by atoms with Crippen LogP contribution in [0.3, 0.4) is 0 Å². The number of aliphatic carboxylic acids is 1. The van der Waals surface area contributed by atoms with E-state index in [0.717, 1.165) is 6.54 Å². The van der Waals surface area contributed by atoms with Gasteiger partial charge in [-0.3, -0.25) is 4.79 Å². The lowest BCUT2D eigenvalue weighted by molar-refractivity contribution is -0.144. The molecule has 0 aromatic heterocycles. The molecule has 0 bridgehead atoms. The number of nitrogens with zero attached hydrogens (tertiary/aromatic N) is 1. The molecular formula is C12H22F2N2O2. The number of nitrogens with one attached hydrogen (secondary N) is 1. The maximum absolute atomic E-state index is 12.2. The van der Waals surface area contributed by atoms with Crippen LogP contribution in [0.25, 0.3) is 0 Å². The third-order valence-electron chi connectivity index (χ3n) is 3.06. The number of piperidine rings is 1. The first-order valence-corrected chi connectivity index (χ1v) is 6.35. The van der Waals surface area contributed by atoms with E-state index < -0.39 is 18.3 Å². The molecule has 18 heavy (non-hydrogen) atoms. The highest BCUT2D eigenvalue weighted by Crippen LogP contribution is 2.18. The molecule has 106 valence electrons. The predicted octanol–water partition coefficient (Wildman–Crippen LogP) is 1.27. The summed E-state index contributed by atoms with van der Waals surface area (Å²) in [7, 11) is 0. The summed E-state index contributed by atoms with van der Waals surface area (Å²) in [6.45, 7) is 5.72. The lowest BCUT2D eigenvalue weighted by atomic mass is 9.93. The van der Waals surface area contributed by atoms with Crippen molar-refractivity contribution >= 4 is 5.97 Å². The Bertz CT molecular complexity index is 275. The average Bonchev–Trinajstić information content (AvgIpc) is 2.25. The Hall–Kier alpha value is -0.750. The molecule has 2 unspecified atom stereocenters. The summed E-state index contributed by atoms with van der Waals surface area (Å²) in [5.41, 5.74) is 0. The van der Waals surface area contributed by atoms with Crippen LogP contribution < -0.4 is 5.32 Å². The van der Waals surface area contributed by atoms with Crippen molar-refractivity contribution in [2.45, 2.75) is 32.7 Å². The van der Waals surface area contributed by atoms with Crippen LogP contribution in [-0.4, -0.2) is 54.6 Å². The van der Waals surface area contributed by atoms with E-state index >= 15 is 0 Å². The van der Waals surface area contributed by atoms with Gasteiger partial charge < -0.3 is 15.3 Å². The van der Waals surface area contributed by atoms with Gasteiger partial charge in [0.15, 0.2) is 0 Å². The van der Waals surface area contributed by atoms with Crippen molar-refractivity contribution in [1.82, 2.24) is 10.2 Å². The third kappa shape index (κ3) is 5.27. The molecule has 6 heteroatoms. The van der Waals surface area contributed by atoms with E-state index in [1.165, 1.54) is 0 Å². The molecule has 0 radical (unpaired) electrons. The maximum atomic E-state index is 12.2.